The first-order valence-corrected chi connectivity index (χ1v) is 15.3. The number of hydrogen-bond donors (Lipinski definition) is 1. The summed E-state index contributed by atoms with van der Waals surface area (Å²) < 4.78 is 21.2. The number of hydrogen-bond acceptors (Lipinski definition) is 7. The van der Waals surface area contributed by atoms with Crippen molar-refractivity contribution < 1.29 is 13.9 Å². The second kappa shape index (κ2) is 11.3. The number of benzene rings is 2. The van der Waals surface area contributed by atoms with Crippen molar-refractivity contribution in [2.45, 2.75) is 32.9 Å². The maximum atomic E-state index is 13.6. The molecule has 2 atom stereocenters. The Kier molecular flexibility index (Phi) is 7.24. The minimum Gasteiger partial charge on any atom is -0.444 e. The van der Waals surface area contributed by atoms with Crippen LogP contribution in [0.3, 0.4) is 0 Å². The zero-order valence-electron chi connectivity index (χ0n) is 25.7. The number of rotatable bonds is 5. The minimum absolute atomic E-state index is 0.210. The molecule has 5 heterocycles. The Morgan fingerprint density at radius 1 is 0.933 bits per heavy atom. The van der Waals surface area contributed by atoms with Gasteiger partial charge in [-0.25, -0.2) is 24.1 Å². The average molecular weight is 606 g/mol. The van der Waals surface area contributed by atoms with Crippen LogP contribution in [0.25, 0.3) is 39.5 Å². The predicted octanol–water partition coefficient (Wildman–Crippen LogP) is 6.17. The van der Waals surface area contributed by atoms with Crippen LogP contribution in [-0.4, -0.2) is 67.2 Å². The van der Waals surface area contributed by atoms with E-state index in [9.17, 15) is 9.18 Å². The van der Waals surface area contributed by atoms with Crippen molar-refractivity contribution in [2.24, 2.45) is 11.8 Å². The summed E-state index contributed by atoms with van der Waals surface area (Å²) in [5.74, 6) is 1.66. The molecule has 2 aliphatic rings. The molecule has 45 heavy (non-hydrogen) atoms. The van der Waals surface area contributed by atoms with Crippen molar-refractivity contribution in [1.82, 2.24) is 29.3 Å². The van der Waals surface area contributed by atoms with Gasteiger partial charge in [-0.05, 0) is 98.8 Å². The van der Waals surface area contributed by atoms with E-state index in [1.54, 1.807) is 18.3 Å². The monoisotopic (exact) mass is 605 g/mol. The molecule has 0 unspecified atom stereocenters. The van der Waals surface area contributed by atoms with Crippen LogP contribution in [0, 0.1) is 17.7 Å². The lowest BCUT2D eigenvalue weighted by molar-refractivity contribution is 0.0274. The first-order chi connectivity index (χ1) is 21.6. The van der Waals surface area contributed by atoms with E-state index >= 15 is 0 Å². The lowest BCUT2D eigenvalue weighted by Gasteiger charge is -2.26. The number of pyridine rings is 2. The SMILES string of the molecule is CC(C)(C)OC(=O)N1C[C@@H]2CN(Cc3ccc(-n4c(-c5cccnc5N)nc5ccc(-c6ccc(F)cc6)nc54)cc3)C[C@H]2C1. The van der Waals surface area contributed by atoms with E-state index in [2.05, 4.69) is 34.1 Å². The van der Waals surface area contributed by atoms with Gasteiger partial charge in [0.15, 0.2) is 11.5 Å². The smallest absolute Gasteiger partial charge is 0.410 e. The third kappa shape index (κ3) is 5.85. The number of carbonyl (C=O) groups excluding carboxylic acids is 1. The summed E-state index contributed by atoms with van der Waals surface area (Å²) in [5, 5.41) is 0. The van der Waals surface area contributed by atoms with Crippen LogP contribution in [0.4, 0.5) is 15.0 Å². The van der Waals surface area contributed by atoms with Crippen LogP contribution >= 0.6 is 0 Å². The summed E-state index contributed by atoms with van der Waals surface area (Å²) in [5.41, 5.74) is 11.6. The molecular formula is C35H36FN7O2. The highest BCUT2D eigenvalue weighted by Gasteiger charge is 2.42. The fourth-order valence-corrected chi connectivity index (χ4v) is 6.47. The molecule has 7 rings (SSSR count). The molecule has 5 aromatic rings. The second-order valence-corrected chi connectivity index (χ2v) is 13.0. The van der Waals surface area contributed by atoms with Gasteiger partial charge in [-0.1, -0.05) is 12.1 Å². The van der Waals surface area contributed by atoms with Crippen LogP contribution in [-0.2, 0) is 11.3 Å². The molecule has 2 aromatic carbocycles. The van der Waals surface area contributed by atoms with E-state index in [0.717, 1.165) is 49.7 Å². The van der Waals surface area contributed by atoms with E-state index in [-0.39, 0.29) is 11.9 Å². The maximum Gasteiger partial charge on any atom is 0.410 e. The van der Waals surface area contributed by atoms with Crippen LogP contribution in [0.5, 0.6) is 0 Å². The molecule has 10 heteroatoms. The molecule has 0 aliphatic carbocycles. The number of aromatic nitrogens is 4. The highest BCUT2D eigenvalue weighted by Crippen LogP contribution is 2.34. The highest BCUT2D eigenvalue weighted by atomic mass is 19.1. The number of anilines is 1. The zero-order valence-corrected chi connectivity index (χ0v) is 25.7. The number of amides is 1. The summed E-state index contributed by atoms with van der Waals surface area (Å²) in [4.78, 5) is 31.1. The number of fused-ring (bicyclic) bond motifs is 2. The molecule has 230 valence electrons. The number of ether oxygens (including phenoxy) is 1. The third-order valence-corrected chi connectivity index (χ3v) is 8.54. The highest BCUT2D eigenvalue weighted by molar-refractivity contribution is 5.84. The number of nitrogens with zero attached hydrogens (tertiary/aromatic N) is 6. The molecule has 2 saturated heterocycles. The van der Waals surface area contributed by atoms with Gasteiger partial charge in [-0.3, -0.25) is 9.47 Å². The fourth-order valence-electron chi connectivity index (χ4n) is 6.47. The van der Waals surface area contributed by atoms with Gasteiger partial charge >= 0.3 is 6.09 Å². The van der Waals surface area contributed by atoms with Crippen molar-refractivity contribution in [2.75, 3.05) is 31.9 Å². The Hall–Kier alpha value is -4.83. The molecule has 1 amide bonds. The molecule has 0 saturated carbocycles. The van der Waals surface area contributed by atoms with E-state index < -0.39 is 5.60 Å². The Morgan fingerprint density at radius 3 is 2.31 bits per heavy atom. The predicted molar refractivity (Wildman–Crippen MR) is 172 cm³/mol. The van der Waals surface area contributed by atoms with Gasteiger partial charge in [0.25, 0.3) is 0 Å². The molecule has 2 N–H and O–H groups in total. The Morgan fingerprint density at radius 2 is 1.64 bits per heavy atom. The molecule has 2 fully saturated rings. The van der Waals surface area contributed by atoms with Crippen LogP contribution in [0.1, 0.15) is 26.3 Å². The fraction of sp³-hybridized carbons (Fsp3) is 0.314. The number of likely N-dealkylation sites (tertiary alicyclic amines) is 2. The summed E-state index contributed by atoms with van der Waals surface area (Å²) in [6, 6.07) is 22.3. The van der Waals surface area contributed by atoms with E-state index in [0.29, 0.717) is 40.2 Å². The van der Waals surface area contributed by atoms with Crippen molar-refractivity contribution in [3.8, 4) is 28.3 Å². The first-order valence-electron chi connectivity index (χ1n) is 15.3. The van der Waals surface area contributed by atoms with Gasteiger partial charge in [0, 0.05) is 50.2 Å². The van der Waals surface area contributed by atoms with Gasteiger partial charge < -0.3 is 15.4 Å². The summed E-state index contributed by atoms with van der Waals surface area (Å²) in [6.45, 7) is 9.95. The Labute approximate surface area is 261 Å². The van der Waals surface area contributed by atoms with Crippen molar-refractivity contribution in [3.05, 3.63) is 90.4 Å². The quantitative estimate of drug-likeness (QED) is 0.256. The van der Waals surface area contributed by atoms with Crippen molar-refractivity contribution in [1.29, 1.82) is 0 Å². The van der Waals surface area contributed by atoms with Gasteiger partial charge in [0.2, 0.25) is 0 Å². The summed E-state index contributed by atoms with van der Waals surface area (Å²) in [6.07, 6.45) is 1.45. The largest absolute Gasteiger partial charge is 0.444 e. The maximum absolute atomic E-state index is 13.6. The van der Waals surface area contributed by atoms with Crippen LogP contribution < -0.4 is 5.73 Å². The number of carbonyl (C=O) groups is 1. The van der Waals surface area contributed by atoms with E-state index in [4.69, 9.17) is 20.4 Å². The van der Waals surface area contributed by atoms with Gasteiger partial charge in [0.05, 0.1) is 11.3 Å². The van der Waals surface area contributed by atoms with Gasteiger partial charge in [-0.15, -0.1) is 0 Å². The number of nitrogen functional groups attached to an aromatic ring is 1. The van der Waals surface area contributed by atoms with E-state index in [1.165, 1.54) is 17.7 Å². The average Bonchev–Trinajstić information content (AvgIpc) is 3.69. The lowest BCUT2D eigenvalue weighted by atomic mass is 10.0. The number of imidazole rings is 1. The number of halogens is 1. The molecule has 2 aliphatic heterocycles. The standard InChI is InChI=1S/C35H36FN7O2/c1-35(2,3)45-34(44)42-20-24-18-41(19-25(24)21-42)17-22-6-12-27(13-7-22)43-32(28-5-4-16-38-31(28)37)40-30-15-14-29(39-33(30)43)23-8-10-26(36)11-9-23/h4-16,24-25H,17-21H2,1-3H3,(H2,37,38)/t24-,25-/m0/s1. The molecule has 0 bridgehead atoms. The molecule has 0 spiro atoms. The first kappa shape index (κ1) is 28.9. The zero-order chi connectivity index (χ0) is 31.3. The Balaban J connectivity index is 1.14. The van der Waals surface area contributed by atoms with Crippen LogP contribution in [0.2, 0.25) is 0 Å². The minimum atomic E-state index is -0.484. The summed E-state index contributed by atoms with van der Waals surface area (Å²) in [7, 11) is 0. The van der Waals surface area contributed by atoms with E-state index in [1.807, 2.05) is 54.5 Å². The molecule has 3 aromatic heterocycles. The van der Waals surface area contributed by atoms with Gasteiger partial charge in [0.1, 0.15) is 22.8 Å². The molecular weight excluding hydrogens is 569 g/mol. The van der Waals surface area contributed by atoms with Gasteiger partial charge in [-0.2, -0.15) is 0 Å². The summed E-state index contributed by atoms with van der Waals surface area (Å²) >= 11 is 0. The lowest BCUT2D eigenvalue weighted by Crippen LogP contribution is -2.37. The van der Waals surface area contributed by atoms with Crippen LogP contribution in [0.15, 0.2) is 79.0 Å². The normalized spacial score (nSPS) is 18.4. The second-order valence-electron chi connectivity index (χ2n) is 13.0. The molecule has 0 radical (unpaired) electrons. The number of nitrogens with two attached hydrogens (primary N) is 1. The molecule has 9 nitrogen and oxygen atoms in total. The van der Waals surface area contributed by atoms with Crippen molar-refractivity contribution in [3.63, 3.8) is 0 Å². The topological polar surface area (TPSA) is 102 Å². The Bertz CT molecular complexity index is 1850. The third-order valence-electron chi connectivity index (χ3n) is 8.54. The van der Waals surface area contributed by atoms with Crippen molar-refractivity contribution >= 4 is 23.1 Å².